The number of nitrogens with zero attached hydrogens (tertiary/aromatic N) is 2. The van der Waals surface area contributed by atoms with Crippen molar-refractivity contribution in [1.29, 1.82) is 0 Å². The van der Waals surface area contributed by atoms with Crippen molar-refractivity contribution < 1.29 is 18.3 Å². The molecule has 0 spiro atoms. The maximum Gasteiger partial charge on any atom is 0.387 e. The molecule has 0 unspecified atom stereocenters. The second kappa shape index (κ2) is 7.48. The largest absolute Gasteiger partial charge is 0.435 e. The maximum absolute atomic E-state index is 12.2. The molecule has 0 aliphatic rings. The molecule has 7 heteroatoms. The Labute approximate surface area is 142 Å². The van der Waals surface area contributed by atoms with Gasteiger partial charge < -0.3 is 10.1 Å². The van der Waals surface area contributed by atoms with Crippen LogP contribution < -0.4 is 10.1 Å². The second-order valence-corrected chi connectivity index (χ2v) is 5.02. The van der Waals surface area contributed by atoms with E-state index in [0.29, 0.717) is 11.4 Å². The summed E-state index contributed by atoms with van der Waals surface area (Å²) in [6.45, 7) is -2.86. The molecule has 0 atom stereocenters. The van der Waals surface area contributed by atoms with E-state index in [4.69, 9.17) is 0 Å². The number of halogens is 2. The van der Waals surface area contributed by atoms with E-state index in [2.05, 4.69) is 20.0 Å². The third-order valence-electron chi connectivity index (χ3n) is 3.36. The molecule has 0 bridgehead atoms. The van der Waals surface area contributed by atoms with Crippen LogP contribution in [0.1, 0.15) is 10.4 Å². The second-order valence-electron chi connectivity index (χ2n) is 5.02. The third kappa shape index (κ3) is 4.35. The van der Waals surface area contributed by atoms with Crippen molar-refractivity contribution in [2.75, 3.05) is 5.32 Å². The van der Waals surface area contributed by atoms with Gasteiger partial charge in [-0.25, -0.2) is 4.98 Å². The molecular formula is C18H13F2N3O2. The molecule has 2 aromatic heterocycles. The molecule has 3 aromatic rings. The Hall–Kier alpha value is -3.35. The van der Waals surface area contributed by atoms with E-state index in [0.717, 1.165) is 11.1 Å². The number of hydrogen-bond acceptors (Lipinski definition) is 4. The first-order valence-corrected chi connectivity index (χ1v) is 7.34. The Balaban J connectivity index is 1.76. The van der Waals surface area contributed by atoms with Crippen LogP contribution in [0.15, 0.2) is 67.1 Å². The number of ether oxygens (including phenoxy) is 1. The summed E-state index contributed by atoms with van der Waals surface area (Å²) in [5, 5.41) is 2.70. The first kappa shape index (κ1) is 16.5. The molecule has 0 fully saturated rings. The molecule has 0 saturated carbocycles. The fraction of sp³-hybridized carbons (Fsp3) is 0.0556. The van der Waals surface area contributed by atoms with Gasteiger partial charge in [0, 0.05) is 24.2 Å². The first-order chi connectivity index (χ1) is 12.1. The number of hydrogen-bond donors (Lipinski definition) is 1. The van der Waals surface area contributed by atoms with Crippen LogP contribution in [0.3, 0.4) is 0 Å². The van der Waals surface area contributed by atoms with E-state index in [1.807, 2.05) is 0 Å². The van der Waals surface area contributed by atoms with Gasteiger partial charge in [0.2, 0.25) is 0 Å². The van der Waals surface area contributed by atoms with E-state index in [-0.39, 0.29) is 11.7 Å². The van der Waals surface area contributed by atoms with Crippen LogP contribution in [-0.2, 0) is 0 Å². The highest BCUT2D eigenvalue weighted by Crippen LogP contribution is 2.24. The molecule has 1 aromatic carbocycles. The van der Waals surface area contributed by atoms with E-state index < -0.39 is 6.61 Å². The van der Waals surface area contributed by atoms with Crippen LogP contribution in [0, 0.1) is 0 Å². The van der Waals surface area contributed by atoms with Gasteiger partial charge in [0.1, 0.15) is 11.6 Å². The molecule has 25 heavy (non-hydrogen) atoms. The maximum atomic E-state index is 12.2. The molecule has 0 saturated heterocycles. The molecule has 126 valence electrons. The standard InChI is InChI=1S/C18H13F2N3O2/c19-18(20)25-15-3-1-12(2-4-15)14-7-10-22-16(11-14)23-17(24)13-5-8-21-9-6-13/h1-11,18H,(H,22,23,24). The van der Waals surface area contributed by atoms with Crippen molar-refractivity contribution >= 4 is 11.7 Å². The van der Waals surface area contributed by atoms with Crippen molar-refractivity contribution in [3.05, 3.63) is 72.7 Å². The number of nitrogens with one attached hydrogen (secondary N) is 1. The van der Waals surface area contributed by atoms with Crippen molar-refractivity contribution in [2.45, 2.75) is 6.61 Å². The molecule has 2 heterocycles. The lowest BCUT2D eigenvalue weighted by Crippen LogP contribution is -2.12. The minimum Gasteiger partial charge on any atom is -0.435 e. The normalized spacial score (nSPS) is 10.5. The molecule has 3 rings (SSSR count). The van der Waals surface area contributed by atoms with Crippen molar-refractivity contribution in [3.8, 4) is 16.9 Å². The minimum atomic E-state index is -2.86. The smallest absolute Gasteiger partial charge is 0.387 e. The zero-order valence-electron chi connectivity index (χ0n) is 12.9. The number of carbonyl (C=O) groups excluding carboxylic acids is 1. The number of anilines is 1. The van der Waals surface area contributed by atoms with Crippen molar-refractivity contribution in [3.63, 3.8) is 0 Å². The summed E-state index contributed by atoms with van der Waals surface area (Å²) >= 11 is 0. The summed E-state index contributed by atoms with van der Waals surface area (Å²) in [6, 6.07) is 12.9. The van der Waals surface area contributed by atoms with E-state index in [1.54, 1.807) is 42.6 Å². The summed E-state index contributed by atoms with van der Waals surface area (Å²) < 4.78 is 28.7. The van der Waals surface area contributed by atoms with Crippen molar-refractivity contribution in [1.82, 2.24) is 9.97 Å². The SMILES string of the molecule is O=C(Nc1cc(-c2ccc(OC(F)F)cc2)ccn1)c1ccncc1. The summed E-state index contributed by atoms with van der Waals surface area (Å²) in [6.07, 6.45) is 4.62. The van der Waals surface area contributed by atoms with Gasteiger partial charge in [-0.15, -0.1) is 0 Å². The van der Waals surface area contributed by atoms with Crippen LogP contribution >= 0.6 is 0 Å². The summed E-state index contributed by atoms with van der Waals surface area (Å²) in [7, 11) is 0. The first-order valence-electron chi connectivity index (χ1n) is 7.34. The summed E-state index contributed by atoms with van der Waals surface area (Å²) in [4.78, 5) is 20.1. The van der Waals surface area contributed by atoms with Gasteiger partial charge in [-0.05, 0) is 47.5 Å². The summed E-state index contributed by atoms with van der Waals surface area (Å²) in [5.41, 5.74) is 2.03. The minimum absolute atomic E-state index is 0.0824. The molecule has 0 aliphatic heterocycles. The lowest BCUT2D eigenvalue weighted by atomic mass is 10.1. The highest BCUT2D eigenvalue weighted by molar-refractivity contribution is 6.03. The topological polar surface area (TPSA) is 64.1 Å². The Bertz CT molecular complexity index is 856. The molecule has 1 amide bonds. The van der Waals surface area contributed by atoms with Crippen LogP contribution in [0.5, 0.6) is 5.75 Å². The van der Waals surface area contributed by atoms with Crippen LogP contribution in [0.25, 0.3) is 11.1 Å². The number of amides is 1. The Kier molecular flexibility index (Phi) is 4.94. The van der Waals surface area contributed by atoms with Gasteiger partial charge in [-0.3, -0.25) is 9.78 Å². The molecule has 0 aliphatic carbocycles. The third-order valence-corrected chi connectivity index (χ3v) is 3.36. The summed E-state index contributed by atoms with van der Waals surface area (Å²) in [5.74, 6) is 0.166. The fourth-order valence-electron chi connectivity index (χ4n) is 2.20. The Morgan fingerprint density at radius 2 is 1.68 bits per heavy atom. The van der Waals surface area contributed by atoms with Gasteiger partial charge in [-0.2, -0.15) is 8.78 Å². The number of aromatic nitrogens is 2. The highest BCUT2D eigenvalue weighted by atomic mass is 19.3. The molecule has 0 radical (unpaired) electrons. The van der Waals surface area contributed by atoms with Crippen LogP contribution in [0.2, 0.25) is 0 Å². The van der Waals surface area contributed by atoms with Gasteiger partial charge >= 0.3 is 6.61 Å². The quantitative estimate of drug-likeness (QED) is 0.762. The van der Waals surface area contributed by atoms with Crippen molar-refractivity contribution in [2.24, 2.45) is 0 Å². The van der Waals surface area contributed by atoms with Gasteiger partial charge in [-0.1, -0.05) is 12.1 Å². The highest BCUT2D eigenvalue weighted by Gasteiger charge is 2.08. The Morgan fingerprint density at radius 1 is 0.960 bits per heavy atom. The number of carbonyl (C=O) groups is 1. The number of benzene rings is 1. The van der Waals surface area contributed by atoms with Gasteiger partial charge in [0.15, 0.2) is 0 Å². The monoisotopic (exact) mass is 341 g/mol. The molecular weight excluding hydrogens is 328 g/mol. The lowest BCUT2D eigenvalue weighted by Gasteiger charge is -2.08. The number of alkyl halides is 2. The predicted octanol–water partition coefficient (Wildman–Crippen LogP) is 4.00. The average molecular weight is 341 g/mol. The predicted molar refractivity (Wildman–Crippen MR) is 88.5 cm³/mol. The zero-order chi connectivity index (χ0) is 17.6. The van der Waals surface area contributed by atoms with Gasteiger partial charge in [0.25, 0.3) is 5.91 Å². The molecule has 1 N–H and O–H groups in total. The fourth-order valence-corrected chi connectivity index (χ4v) is 2.20. The number of pyridine rings is 2. The van der Waals surface area contributed by atoms with Gasteiger partial charge in [0.05, 0.1) is 0 Å². The van der Waals surface area contributed by atoms with E-state index >= 15 is 0 Å². The van der Waals surface area contributed by atoms with E-state index in [9.17, 15) is 13.6 Å². The van der Waals surface area contributed by atoms with Crippen LogP contribution in [0.4, 0.5) is 14.6 Å². The lowest BCUT2D eigenvalue weighted by molar-refractivity contribution is -0.0498. The average Bonchev–Trinajstić information content (AvgIpc) is 2.63. The zero-order valence-corrected chi connectivity index (χ0v) is 12.9. The van der Waals surface area contributed by atoms with E-state index in [1.165, 1.54) is 24.5 Å². The van der Waals surface area contributed by atoms with Crippen LogP contribution in [-0.4, -0.2) is 22.5 Å². The number of rotatable bonds is 5. The molecule has 5 nitrogen and oxygen atoms in total. The Morgan fingerprint density at radius 3 is 2.36 bits per heavy atom.